The number of carboxylic acids is 1. The molecule has 0 saturated carbocycles. The molecule has 4 amide bonds. The van der Waals surface area contributed by atoms with Crippen molar-refractivity contribution in [3.05, 3.63) is 0 Å². The lowest BCUT2D eigenvalue weighted by molar-refractivity contribution is -0.142. The highest BCUT2D eigenvalue weighted by Crippen LogP contribution is 2.08. The second-order valence-corrected chi connectivity index (χ2v) is 8.62. The number of carbonyl (C=O) groups excluding carboxylic acids is 4. The SMILES string of the molecule is CCC(C)C(N)C(=O)NC(CCC(N)=O)C(=O)NC(CS)C(=O)NC(CC(C)C)C(=O)O. The molecule has 0 heterocycles. The minimum absolute atomic E-state index is 0.0172. The van der Waals surface area contributed by atoms with Gasteiger partial charge in [-0.2, -0.15) is 12.6 Å². The number of nitrogens with two attached hydrogens (primary N) is 2. The number of amides is 4. The second-order valence-electron chi connectivity index (χ2n) is 8.25. The Bertz CT molecular complexity index is 675. The lowest BCUT2D eigenvalue weighted by Crippen LogP contribution is -2.58. The fraction of sp³-hybridized carbons (Fsp3) is 0.750. The highest BCUT2D eigenvalue weighted by Gasteiger charge is 2.30. The summed E-state index contributed by atoms with van der Waals surface area (Å²) in [5, 5.41) is 16.7. The number of primary amides is 1. The molecule has 5 atom stereocenters. The molecule has 0 aliphatic rings. The van der Waals surface area contributed by atoms with Crippen molar-refractivity contribution in [2.75, 3.05) is 5.75 Å². The Hall–Kier alpha value is -2.34. The third-order valence-electron chi connectivity index (χ3n) is 5.01. The summed E-state index contributed by atoms with van der Waals surface area (Å²) in [5.41, 5.74) is 11.1. The molecule has 0 aliphatic carbocycles. The number of carbonyl (C=O) groups is 5. The summed E-state index contributed by atoms with van der Waals surface area (Å²) in [7, 11) is 0. The Morgan fingerprint density at radius 1 is 0.906 bits per heavy atom. The van der Waals surface area contributed by atoms with Gasteiger partial charge in [0.2, 0.25) is 23.6 Å². The van der Waals surface area contributed by atoms with Crippen LogP contribution in [0.2, 0.25) is 0 Å². The third-order valence-corrected chi connectivity index (χ3v) is 5.37. The first kappa shape index (κ1) is 29.7. The van der Waals surface area contributed by atoms with Gasteiger partial charge in [0.25, 0.3) is 0 Å². The molecule has 0 radical (unpaired) electrons. The molecule has 0 rings (SSSR count). The van der Waals surface area contributed by atoms with Crippen LogP contribution in [0.25, 0.3) is 0 Å². The van der Waals surface area contributed by atoms with E-state index in [0.29, 0.717) is 6.42 Å². The van der Waals surface area contributed by atoms with Gasteiger partial charge < -0.3 is 32.5 Å². The van der Waals surface area contributed by atoms with Crippen molar-refractivity contribution in [1.29, 1.82) is 0 Å². The summed E-state index contributed by atoms with van der Waals surface area (Å²) in [6.07, 6.45) is 0.588. The van der Waals surface area contributed by atoms with Crippen molar-refractivity contribution in [3.63, 3.8) is 0 Å². The normalized spacial score (nSPS) is 15.7. The maximum Gasteiger partial charge on any atom is 0.326 e. The van der Waals surface area contributed by atoms with Crippen molar-refractivity contribution in [2.45, 2.75) is 77.5 Å². The van der Waals surface area contributed by atoms with Crippen LogP contribution >= 0.6 is 12.6 Å². The Morgan fingerprint density at radius 2 is 1.41 bits per heavy atom. The second kappa shape index (κ2) is 14.7. The topological polar surface area (TPSA) is 194 Å². The number of hydrogen-bond acceptors (Lipinski definition) is 7. The average molecular weight is 476 g/mol. The lowest BCUT2D eigenvalue weighted by Gasteiger charge is -2.25. The predicted octanol–water partition coefficient (Wildman–Crippen LogP) is -0.860. The number of aliphatic carboxylic acids is 1. The number of thiol groups is 1. The minimum atomic E-state index is -1.19. The van der Waals surface area contributed by atoms with E-state index in [2.05, 4.69) is 28.6 Å². The molecule has 0 aromatic heterocycles. The summed E-state index contributed by atoms with van der Waals surface area (Å²) >= 11 is 4.06. The number of hydrogen-bond donors (Lipinski definition) is 7. The van der Waals surface area contributed by atoms with E-state index in [1.165, 1.54) is 0 Å². The minimum Gasteiger partial charge on any atom is -0.480 e. The van der Waals surface area contributed by atoms with Crippen molar-refractivity contribution in [1.82, 2.24) is 16.0 Å². The number of carboxylic acid groups (broad SMARTS) is 1. The van der Waals surface area contributed by atoms with Gasteiger partial charge >= 0.3 is 5.97 Å². The third kappa shape index (κ3) is 10.8. The maximum atomic E-state index is 12.8. The molecular weight excluding hydrogens is 438 g/mol. The van der Waals surface area contributed by atoms with Gasteiger partial charge in [-0.1, -0.05) is 34.1 Å². The summed E-state index contributed by atoms with van der Waals surface area (Å²) in [4.78, 5) is 60.3. The van der Waals surface area contributed by atoms with Gasteiger partial charge in [0.15, 0.2) is 0 Å². The Kier molecular flexibility index (Phi) is 13.6. The van der Waals surface area contributed by atoms with Gasteiger partial charge in [0.1, 0.15) is 18.1 Å². The number of rotatable bonds is 15. The van der Waals surface area contributed by atoms with Crippen LogP contribution in [0.5, 0.6) is 0 Å². The molecule has 0 saturated heterocycles. The van der Waals surface area contributed by atoms with Crippen LogP contribution in [0.15, 0.2) is 0 Å². The first-order chi connectivity index (χ1) is 14.8. The van der Waals surface area contributed by atoms with Crippen molar-refractivity contribution < 1.29 is 29.1 Å². The van der Waals surface area contributed by atoms with Gasteiger partial charge in [-0.3, -0.25) is 19.2 Å². The van der Waals surface area contributed by atoms with E-state index in [1.54, 1.807) is 6.92 Å². The molecule has 32 heavy (non-hydrogen) atoms. The average Bonchev–Trinajstić information content (AvgIpc) is 2.71. The molecule has 0 fully saturated rings. The molecule has 184 valence electrons. The first-order valence-corrected chi connectivity index (χ1v) is 11.3. The Labute approximate surface area is 194 Å². The Balaban J connectivity index is 5.34. The molecule has 0 aromatic carbocycles. The summed E-state index contributed by atoms with van der Waals surface area (Å²) in [6, 6.07) is -4.30. The maximum absolute atomic E-state index is 12.8. The fourth-order valence-electron chi connectivity index (χ4n) is 2.77. The lowest BCUT2D eigenvalue weighted by atomic mass is 9.98. The van der Waals surface area contributed by atoms with Crippen LogP contribution in [0.4, 0.5) is 0 Å². The molecule has 0 aliphatic heterocycles. The Morgan fingerprint density at radius 3 is 1.84 bits per heavy atom. The van der Waals surface area contributed by atoms with Crippen LogP contribution in [0.3, 0.4) is 0 Å². The monoisotopic (exact) mass is 475 g/mol. The predicted molar refractivity (Wildman–Crippen MR) is 123 cm³/mol. The van der Waals surface area contributed by atoms with Crippen molar-refractivity contribution >= 4 is 42.2 Å². The molecule has 8 N–H and O–H groups in total. The van der Waals surface area contributed by atoms with Gasteiger partial charge in [-0.15, -0.1) is 0 Å². The summed E-state index contributed by atoms with van der Waals surface area (Å²) < 4.78 is 0. The highest BCUT2D eigenvalue weighted by molar-refractivity contribution is 7.80. The zero-order chi connectivity index (χ0) is 25.0. The molecule has 0 aromatic rings. The van der Waals surface area contributed by atoms with Crippen LogP contribution < -0.4 is 27.4 Å². The standard InChI is InChI=1S/C20H37N5O6S/c1-5-11(4)16(22)19(29)23-12(6-7-15(21)26)17(27)25-14(9-32)18(28)24-13(20(30)31)8-10(2)3/h10-14,16,32H,5-9,22H2,1-4H3,(H2,21,26)(H,23,29)(H,24,28)(H,25,27)(H,30,31). The van der Waals surface area contributed by atoms with Gasteiger partial charge in [0, 0.05) is 12.2 Å². The summed E-state index contributed by atoms with van der Waals surface area (Å²) in [5.74, 6) is -4.12. The van der Waals surface area contributed by atoms with Crippen LogP contribution in [0, 0.1) is 11.8 Å². The van der Waals surface area contributed by atoms with E-state index in [9.17, 15) is 29.1 Å². The first-order valence-electron chi connectivity index (χ1n) is 10.6. The van der Waals surface area contributed by atoms with E-state index in [1.807, 2.05) is 20.8 Å². The molecule has 11 nitrogen and oxygen atoms in total. The molecule has 5 unspecified atom stereocenters. The van der Waals surface area contributed by atoms with Crippen LogP contribution in [0.1, 0.15) is 53.4 Å². The zero-order valence-electron chi connectivity index (χ0n) is 19.1. The molecule has 0 spiro atoms. The fourth-order valence-corrected chi connectivity index (χ4v) is 3.02. The van der Waals surface area contributed by atoms with Crippen molar-refractivity contribution in [3.8, 4) is 0 Å². The van der Waals surface area contributed by atoms with Crippen LogP contribution in [-0.2, 0) is 24.0 Å². The summed E-state index contributed by atoms with van der Waals surface area (Å²) in [6.45, 7) is 7.29. The number of nitrogens with one attached hydrogen (secondary N) is 3. The van der Waals surface area contributed by atoms with Gasteiger partial charge in [0.05, 0.1) is 6.04 Å². The van der Waals surface area contributed by atoms with E-state index in [-0.39, 0.29) is 36.9 Å². The van der Waals surface area contributed by atoms with Crippen molar-refractivity contribution in [2.24, 2.45) is 23.3 Å². The largest absolute Gasteiger partial charge is 0.480 e. The van der Waals surface area contributed by atoms with E-state index < -0.39 is 53.8 Å². The molecular formula is C20H37N5O6S. The molecule has 12 heteroatoms. The zero-order valence-corrected chi connectivity index (χ0v) is 20.0. The van der Waals surface area contributed by atoms with Crippen LogP contribution in [-0.4, -0.2) is 64.6 Å². The highest BCUT2D eigenvalue weighted by atomic mass is 32.1. The molecule has 0 bridgehead atoms. The van der Waals surface area contributed by atoms with E-state index >= 15 is 0 Å². The van der Waals surface area contributed by atoms with E-state index in [0.717, 1.165) is 0 Å². The van der Waals surface area contributed by atoms with E-state index in [4.69, 9.17) is 11.5 Å². The van der Waals surface area contributed by atoms with Gasteiger partial charge in [-0.25, -0.2) is 4.79 Å². The quantitative estimate of drug-likeness (QED) is 0.150. The van der Waals surface area contributed by atoms with Gasteiger partial charge in [-0.05, 0) is 24.7 Å². The smallest absolute Gasteiger partial charge is 0.326 e.